The van der Waals surface area contributed by atoms with Crippen LogP contribution in [0.3, 0.4) is 0 Å². The fourth-order valence-corrected chi connectivity index (χ4v) is 4.53. The van der Waals surface area contributed by atoms with Crippen LogP contribution in [-0.4, -0.2) is 35.4 Å². The fourth-order valence-electron chi connectivity index (χ4n) is 4.53. The number of hydrogen-bond acceptors (Lipinski definition) is 6. The van der Waals surface area contributed by atoms with Gasteiger partial charge in [-0.1, -0.05) is 90.5 Å². The van der Waals surface area contributed by atoms with E-state index in [-0.39, 0.29) is 11.1 Å². The SMILES string of the molecule is C=C(CO)C(=O)Oc1ccc(-c2ccc(OC(=O)C(=C)CO)cc2CCCCCCC)c(CCCCCCC)c1. The normalized spacial score (nSPS) is 10.8. The number of aliphatic hydroxyl groups excluding tert-OH is 2. The molecule has 40 heavy (non-hydrogen) atoms. The summed E-state index contributed by atoms with van der Waals surface area (Å²) >= 11 is 0. The van der Waals surface area contributed by atoms with Crippen LogP contribution < -0.4 is 9.47 Å². The van der Waals surface area contributed by atoms with Crippen molar-refractivity contribution in [3.05, 3.63) is 71.8 Å². The maximum atomic E-state index is 12.2. The van der Waals surface area contributed by atoms with Crippen LogP contribution in [0.5, 0.6) is 11.5 Å². The monoisotopic (exact) mass is 550 g/mol. The van der Waals surface area contributed by atoms with Crippen molar-refractivity contribution < 1.29 is 29.3 Å². The zero-order valence-electron chi connectivity index (χ0n) is 24.3. The molecule has 0 fully saturated rings. The largest absolute Gasteiger partial charge is 0.423 e. The van der Waals surface area contributed by atoms with Gasteiger partial charge in [-0.25, -0.2) is 9.59 Å². The third kappa shape index (κ3) is 10.7. The smallest absolute Gasteiger partial charge is 0.341 e. The molecule has 0 aliphatic heterocycles. The number of benzene rings is 2. The number of aryl methyl sites for hydroxylation is 2. The van der Waals surface area contributed by atoms with Gasteiger partial charge in [0.2, 0.25) is 0 Å². The number of carbonyl (C=O) groups excluding carboxylic acids is 2. The first-order chi connectivity index (χ1) is 19.3. The Morgan fingerprint density at radius 2 is 1.00 bits per heavy atom. The molecule has 6 nitrogen and oxygen atoms in total. The van der Waals surface area contributed by atoms with Gasteiger partial charge in [-0.3, -0.25) is 0 Å². The second kappa shape index (κ2) is 18.2. The Hall–Kier alpha value is -3.22. The third-order valence-corrected chi connectivity index (χ3v) is 6.92. The molecule has 2 N–H and O–H groups in total. The van der Waals surface area contributed by atoms with Crippen LogP contribution in [0.4, 0.5) is 0 Å². The first-order valence-electron chi connectivity index (χ1n) is 14.6. The third-order valence-electron chi connectivity index (χ3n) is 6.92. The molecular formula is C34H46O6. The van der Waals surface area contributed by atoms with Crippen molar-refractivity contribution in [1.29, 1.82) is 0 Å². The maximum Gasteiger partial charge on any atom is 0.341 e. The number of aliphatic hydroxyl groups is 2. The lowest BCUT2D eigenvalue weighted by atomic mass is 9.90. The molecule has 0 amide bonds. The minimum absolute atomic E-state index is 0.00423. The Balaban J connectivity index is 2.44. The Kier molecular flexibility index (Phi) is 15.0. The van der Waals surface area contributed by atoms with Crippen molar-refractivity contribution in [3.8, 4) is 22.6 Å². The van der Waals surface area contributed by atoms with Gasteiger partial charge in [0, 0.05) is 0 Å². The van der Waals surface area contributed by atoms with Crippen molar-refractivity contribution in [1.82, 2.24) is 0 Å². The van der Waals surface area contributed by atoms with E-state index in [1.165, 1.54) is 38.5 Å². The standard InChI is InChI=1S/C34H46O6/c1-5-7-9-11-13-15-27-21-29(39-33(37)25(3)23-35)17-19-31(27)32-20-18-30(40-34(38)26(4)24-36)22-28(32)16-14-12-10-8-6-2/h17-22,35-36H,3-16,23-24H2,1-2H3. The summed E-state index contributed by atoms with van der Waals surface area (Å²) in [6.07, 6.45) is 13.0. The van der Waals surface area contributed by atoms with E-state index in [1.807, 2.05) is 24.3 Å². The van der Waals surface area contributed by atoms with Crippen LogP contribution in [0, 0.1) is 0 Å². The Morgan fingerprint density at radius 1 is 0.625 bits per heavy atom. The molecule has 0 aliphatic carbocycles. The molecule has 0 unspecified atom stereocenters. The molecule has 2 aromatic carbocycles. The predicted octanol–water partition coefficient (Wildman–Crippen LogP) is 7.29. The summed E-state index contributed by atoms with van der Waals surface area (Å²) < 4.78 is 11.0. The van der Waals surface area contributed by atoms with E-state index in [9.17, 15) is 19.8 Å². The Labute approximate surface area is 239 Å². The highest BCUT2D eigenvalue weighted by Gasteiger charge is 2.16. The van der Waals surface area contributed by atoms with Crippen LogP contribution >= 0.6 is 0 Å². The van der Waals surface area contributed by atoms with Crippen molar-refractivity contribution in [2.45, 2.75) is 90.9 Å². The summed E-state index contributed by atoms with van der Waals surface area (Å²) in [4.78, 5) is 24.5. The van der Waals surface area contributed by atoms with Gasteiger partial charge in [0.1, 0.15) is 11.5 Å². The summed E-state index contributed by atoms with van der Waals surface area (Å²) in [6, 6.07) is 11.3. The van der Waals surface area contributed by atoms with Crippen molar-refractivity contribution in [2.75, 3.05) is 13.2 Å². The van der Waals surface area contributed by atoms with Gasteiger partial charge in [-0.2, -0.15) is 0 Å². The maximum absolute atomic E-state index is 12.2. The molecule has 0 saturated carbocycles. The fraction of sp³-hybridized carbons (Fsp3) is 0.471. The number of rotatable bonds is 19. The van der Waals surface area contributed by atoms with Gasteiger partial charge < -0.3 is 19.7 Å². The molecule has 0 aromatic heterocycles. The van der Waals surface area contributed by atoms with Gasteiger partial charge in [0.25, 0.3) is 0 Å². The minimum atomic E-state index is -0.646. The summed E-state index contributed by atoms with van der Waals surface area (Å²) in [7, 11) is 0. The van der Waals surface area contributed by atoms with Crippen molar-refractivity contribution in [3.63, 3.8) is 0 Å². The Morgan fingerprint density at radius 3 is 1.35 bits per heavy atom. The molecule has 2 rings (SSSR count). The van der Waals surface area contributed by atoms with Crippen LogP contribution in [-0.2, 0) is 22.4 Å². The number of hydrogen-bond donors (Lipinski definition) is 2. The molecule has 0 saturated heterocycles. The summed E-state index contributed by atoms with van der Waals surface area (Å²) in [5.74, 6) is -0.456. The van der Waals surface area contributed by atoms with Crippen LogP contribution in [0.15, 0.2) is 60.7 Å². The molecular weight excluding hydrogens is 504 g/mol. The van der Waals surface area contributed by atoms with E-state index >= 15 is 0 Å². The highest BCUT2D eigenvalue weighted by Crippen LogP contribution is 2.34. The van der Waals surface area contributed by atoms with Crippen molar-refractivity contribution >= 4 is 11.9 Å². The number of unbranched alkanes of at least 4 members (excludes halogenated alkanes) is 8. The molecule has 0 radical (unpaired) electrons. The summed E-state index contributed by atoms with van der Waals surface area (Å²) in [5.41, 5.74) is 4.26. The molecule has 0 bridgehead atoms. The van der Waals surface area contributed by atoms with Gasteiger partial charge in [0.15, 0.2) is 0 Å². The van der Waals surface area contributed by atoms with Crippen LogP contribution in [0.25, 0.3) is 11.1 Å². The first kappa shape index (κ1) is 33.0. The van der Waals surface area contributed by atoms with Gasteiger partial charge in [-0.05, 0) is 72.2 Å². The average molecular weight is 551 g/mol. The second-order valence-electron chi connectivity index (χ2n) is 10.3. The highest BCUT2D eigenvalue weighted by molar-refractivity contribution is 5.90. The van der Waals surface area contributed by atoms with Crippen LogP contribution in [0.1, 0.15) is 89.2 Å². The molecule has 0 heterocycles. The number of carbonyl (C=O) groups is 2. The number of ether oxygens (including phenoxy) is 2. The predicted molar refractivity (Wildman–Crippen MR) is 161 cm³/mol. The van der Waals surface area contributed by atoms with E-state index in [4.69, 9.17) is 9.47 Å². The van der Waals surface area contributed by atoms with E-state index in [0.717, 1.165) is 60.8 Å². The summed E-state index contributed by atoms with van der Waals surface area (Å²) in [5, 5.41) is 18.5. The minimum Gasteiger partial charge on any atom is -0.423 e. The quantitative estimate of drug-likeness (QED) is 0.0826. The molecule has 218 valence electrons. The summed E-state index contributed by atoms with van der Waals surface area (Å²) in [6.45, 7) is 10.6. The van der Waals surface area contributed by atoms with E-state index in [2.05, 4.69) is 27.0 Å². The van der Waals surface area contributed by atoms with E-state index < -0.39 is 25.2 Å². The molecule has 0 spiro atoms. The lowest BCUT2D eigenvalue weighted by molar-refractivity contribution is -0.131. The lowest BCUT2D eigenvalue weighted by Crippen LogP contribution is -2.13. The Bertz CT molecular complexity index is 1040. The average Bonchev–Trinajstić information content (AvgIpc) is 2.96. The highest BCUT2D eigenvalue weighted by atomic mass is 16.5. The molecule has 6 heteroatoms. The second-order valence-corrected chi connectivity index (χ2v) is 10.3. The lowest BCUT2D eigenvalue weighted by Gasteiger charge is -2.17. The van der Waals surface area contributed by atoms with Gasteiger partial charge in [0.05, 0.1) is 24.4 Å². The topological polar surface area (TPSA) is 93.1 Å². The van der Waals surface area contributed by atoms with Crippen molar-refractivity contribution in [2.24, 2.45) is 0 Å². The molecule has 2 aromatic rings. The molecule has 0 aliphatic rings. The van der Waals surface area contributed by atoms with Gasteiger partial charge >= 0.3 is 11.9 Å². The van der Waals surface area contributed by atoms with Gasteiger partial charge in [-0.15, -0.1) is 0 Å². The first-order valence-corrected chi connectivity index (χ1v) is 14.6. The number of esters is 2. The van der Waals surface area contributed by atoms with Crippen LogP contribution in [0.2, 0.25) is 0 Å². The zero-order valence-corrected chi connectivity index (χ0v) is 24.3. The zero-order chi connectivity index (χ0) is 29.3. The van der Waals surface area contributed by atoms with E-state index in [1.54, 1.807) is 12.1 Å². The van der Waals surface area contributed by atoms with E-state index in [0.29, 0.717) is 11.5 Å². The molecule has 0 atom stereocenters.